The maximum absolute atomic E-state index is 12.3. The smallest absolute Gasteiger partial charge is 0.310 e. The van der Waals surface area contributed by atoms with Gasteiger partial charge in [0.25, 0.3) is 5.91 Å². The zero-order chi connectivity index (χ0) is 14.5. The highest BCUT2D eigenvalue weighted by Gasteiger charge is 2.30. The van der Waals surface area contributed by atoms with Gasteiger partial charge in [-0.05, 0) is 31.9 Å². The third kappa shape index (κ3) is 3.07. The second-order valence-corrected chi connectivity index (χ2v) is 4.79. The maximum Gasteiger partial charge on any atom is 0.310 e. The number of ether oxygens (including phenoxy) is 1. The van der Waals surface area contributed by atoms with E-state index in [0.717, 1.165) is 12.8 Å². The summed E-state index contributed by atoms with van der Waals surface area (Å²) in [4.78, 5) is 39.0. The van der Waals surface area contributed by atoms with Gasteiger partial charge in [0.05, 0.1) is 18.2 Å². The summed E-state index contributed by atoms with van der Waals surface area (Å²) in [5, 5.41) is 0. The number of amides is 1. The summed E-state index contributed by atoms with van der Waals surface area (Å²) in [6.45, 7) is 3.10. The zero-order valence-corrected chi connectivity index (χ0v) is 11.4. The fourth-order valence-corrected chi connectivity index (χ4v) is 2.39. The van der Waals surface area contributed by atoms with E-state index < -0.39 is 0 Å². The number of carbonyl (C=O) groups is 3. The number of likely N-dealkylation sites (tertiary alicyclic amines) is 1. The minimum atomic E-state index is -0.256. The number of rotatable bonds is 4. The summed E-state index contributed by atoms with van der Waals surface area (Å²) in [5.41, 5.74) is 0.740. The molecule has 1 saturated heterocycles. The molecular weight excluding hydrogens is 260 g/mol. The van der Waals surface area contributed by atoms with E-state index in [0.29, 0.717) is 37.4 Å². The molecule has 20 heavy (non-hydrogen) atoms. The number of hydrogen-bond acceptors (Lipinski definition) is 4. The predicted octanol–water partition coefficient (Wildman–Crippen LogP) is 1.24. The molecule has 0 aromatic carbocycles. The molecule has 1 amide bonds. The number of aldehydes is 1. The van der Waals surface area contributed by atoms with Crippen molar-refractivity contribution in [1.82, 2.24) is 9.88 Å². The van der Waals surface area contributed by atoms with Gasteiger partial charge >= 0.3 is 5.97 Å². The van der Waals surface area contributed by atoms with Crippen molar-refractivity contribution in [3.05, 3.63) is 23.5 Å². The molecule has 1 aliphatic heterocycles. The molecule has 1 aromatic heterocycles. The Morgan fingerprint density at radius 2 is 2.30 bits per heavy atom. The maximum atomic E-state index is 12.3. The molecule has 6 nitrogen and oxygen atoms in total. The van der Waals surface area contributed by atoms with Crippen LogP contribution in [0.25, 0.3) is 0 Å². The average Bonchev–Trinajstić information content (AvgIpc) is 2.96. The number of aromatic amines is 1. The molecule has 0 radical (unpaired) electrons. The second-order valence-electron chi connectivity index (χ2n) is 4.79. The highest BCUT2D eigenvalue weighted by atomic mass is 16.5. The van der Waals surface area contributed by atoms with Gasteiger partial charge < -0.3 is 14.6 Å². The van der Waals surface area contributed by atoms with Gasteiger partial charge in [0.15, 0.2) is 6.29 Å². The van der Waals surface area contributed by atoms with Gasteiger partial charge in [-0.25, -0.2) is 0 Å². The monoisotopic (exact) mass is 278 g/mol. The predicted molar refractivity (Wildman–Crippen MR) is 71.4 cm³/mol. The third-order valence-corrected chi connectivity index (χ3v) is 3.39. The Balaban J connectivity index is 2.02. The molecule has 1 aliphatic rings. The quantitative estimate of drug-likeness (QED) is 0.664. The molecule has 1 atom stereocenters. The number of piperidine rings is 1. The molecule has 6 heteroatoms. The van der Waals surface area contributed by atoms with Crippen LogP contribution in [0.2, 0.25) is 0 Å². The van der Waals surface area contributed by atoms with Gasteiger partial charge in [0.2, 0.25) is 0 Å². The van der Waals surface area contributed by atoms with Crippen LogP contribution in [-0.2, 0) is 9.53 Å². The minimum Gasteiger partial charge on any atom is -0.466 e. The summed E-state index contributed by atoms with van der Waals surface area (Å²) >= 11 is 0. The Morgan fingerprint density at radius 3 is 2.95 bits per heavy atom. The summed E-state index contributed by atoms with van der Waals surface area (Å²) < 4.78 is 5.01. The Kier molecular flexibility index (Phi) is 4.55. The Hall–Kier alpha value is -2.11. The summed E-state index contributed by atoms with van der Waals surface area (Å²) in [5.74, 6) is -0.690. The van der Waals surface area contributed by atoms with Crippen molar-refractivity contribution < 1.29 is 19.1 Å². The second kappa shape index (κ2) is 6.36. The van der Waals surface area contributed by atoms with Crippen molar-refractivity contribution in [2.45, 2.75) is 19.8 Å². The van der Waals surface area contributed by atoms with Crippen LogP contribution >= 0.6 is 0 Å². The van der Waals surface area contributed by atoms with Crippen LogP contribution in [0, 0.1) is 5.92 Å². The third-order valence-electron chi connectivity index (χ3n) is 3.39. The molecule has 1 N–H and O–H groups in total. The van der Waals surface area contributed by atoms with Crippen LogP contribution in [0.3, 0.4) is 0 Å². The molecule has 1 aromatic rings. The van der Waals surface area contributed by atoms with E-state index in [2.05, 4.69) is 4.98 Å². The van der Waals surface area contributed by atoms with Crippen molar-refractivity contribution in [3.63, 3.8) is 0 Å². The molecule has 2 heterocycles. The van der Waals surface area contributed by atoms with E-state index in [-0.39, 0.29) is 17.8 Å². The van der Waals surface area contributed by atoms with Crippen LogP contribution in [0.1, 0.15) is 40.7 Å². The van der Waals surface area contributed by atoms with Crippen molar-refractivity contribution >= 4 is 18.2 Å². The fraction of sp³-hybridized carbons (Fsp3) is 0.500. The average molecular weight is 278 g/mol. The molecule has 1 unspecified atom stereocenters. The lowest BCUT2D eigenvalue weighted by Gasteiger charge is -2.31. The molecule has 0 spiro atoms. The molecule has 0 bridgehead atoms. The lowest BCUT2D eigenvalue weighted by atomic mass is 9.98. The van der Waals surface area contributed by atoms with Crippen LogP contribution in [0.4, 0.5) is 0 Å². The normalized spacial score (nSPS) is 18.6. The lowest BCUT2D eigenvalue weighted by Crippen LogP contribution is -2.43. The highest BCUT2D eigenvalue weighted by Crippen LogP contribution is 2.19. The van der Waals surface area contributed by atoms with E-state index >= 15 is 0 Å². The van der Waals surface area contributed by atoms with Crippen LogP contribution in [0.5, 0.6) is 0 Å². The largest absolute Gasteiger partial charge is 0.466 e. The zero-order valence-electron chi connectivity index (χ0n) is 11.4. The number of hydrogen-bond donors (Lipinski definition) is 1. The van der Waals surface area contributed by atoms with Gasteiger partial charge in [-0.15, -0.1) is 0 Å². The van der Waals surface area contributed by atoms with E-state index in [1.165, 1.54) is 0 Å². The summed E-state index contributed by atoms with van der Waals surface area (Å²) in [7, 11) is 0. The first-order valence-corrected chi connectivity index (χ1v) is 6.75. The highest BCUT2D eigenvalue weighted by molar-refractivity contribution is 5.94. The Morgan fingerprint density at radius 1 is 1.50 bits per heavy atom. The molecule has 1 fully saturated rings. The molecule has 2 rings (SSSR count). The SMILES string of the molecule is CCOC(=O)C1CCCN(C(=O)c2ccc(C=O)[nH]2)C1. The van der Waals surface area contributed by atoms with E-state index in [1.807, 2.05) is 0 Å². The van der Waals surface area contributed by atoms with Crippen molar-refractivity contribution in [3.8, 4) is 0 Å². The topological polar surface area (TPSA) is 79.5 Å². The minimum absolute atomic E-state index is 0.188. The number of H-pyrrole nitrogens is 1. The van der Waals surface area contributed by atoms with Crippen molar-refractivity contribution in [2.24, 2.45) is 5.92 Å². The number of nitrogens with zero attached hydrogens (tertiary/aromatic N) is 1. The van der Waals surface area contributed by atoms with E-state index in [1.54, 1.807) is 24.0 Å². The number of carbonyl (C=O) groups excluding carboxylic acids is 3. The van der Waals surface area contributed by atoms with Crippen molar-refractivity contribution in [1.29, 1.82) is 0 Å². The first-order chi connectivity index (χ1) is 9.65. The fourth-order valence-electron chi connectivity index (χ4n) is 2.39. The number of esters is 1. The summed E-state index contributed by atoms with van der Waals surface area (Å²) in [6.07, 6.45) is 2.18. The van der Waals surface area contributed by atoms with E-state index in [9.17, 15) is 14.4 Å². The Labute approximate surface area is 117 Å². The van der Waals surface area contributed by atoms with Crippen molar-refractivity contribution in [2.75, 3.05) is 19.7 Å². The summed E-state index contributed by atoms with van der Waals surface area (Å²) in [6, 6.07) is 3.15. The number of aromatic nitrogens is 1. The molecule has 0 saturated carbocycles. The van der Waals surface area contributed by atoms with Crippen LogP contribution in [0.15, 0.2) is 12.1 Å². The molecule has 108 valence electrons. The van der Waals surface area contributed by atoms with Gasteiger partial charge in [0, 0.05) is 13.1 Å². The van der Waals surface area contributed by atoms with Gasteiger partial charge in [-0.3, -0.25) is 14.4 Å². The van der Waals surface area contributed by atoms with Gasteiger partial charge in [0.1, 0.15) is 5.69 Å². The van der Waals surface area contributed by atoms with Gasteiger partial charge in [-0.1, -0.05) is 0 Å². The Bertz CT molecular complexity index is 509. The van der Waals surface area contributed by atoms with Crippen LogP contribution in [-0.4, -0.2) is 47.7 Å². The molecule has 0 aliphatic carbocycles. The first-order valence-electron chi connectivity index (χ1n) is 6.75. The standard InChI is InChI=1S/C14H18N2O4/c1-2-20-14(19)10-4-3-7-16(8-10)13(18)12-6-5-11(9-17)15-12/h5-6,9-10,15H,2-4,7-8H2,1H3. The van der Waals surface area contributed by atoms with Crippen LogP contribution < -0.4 is 0 Å². The van der Waals surface area contributed by atoms with E-state index in [4.69, 9.17) is 4.74 Å². The first kappa shape index (κ1) is 14.3. The molecular formula is C14H18N2O4. The lowest BCUT2D eigenvalue weighted by molar-refractivity contribution is -0.149. The number of nitrogens with one attached hydrogen (secondary N) is 1. The van der Waals surface area contributed by atoms with Gasteiger partial charge in [-0.2, -0.15) is 0 Å².